The average molecular weight is 304 g/mol. The number of carbonyl (C=O) groups excluding carboxylic acids is 1. The molecule has 0 fully saturated rings. The van der Waals surface area contributed by atoms with Gasteiger partial charge in [-0.1, -0.05) is 0 Å². The van der Waals surface area contributed by atoms with Crippen molar-refractivity contribution in [3.8, 4) is 10.6 Å². The highest BCUT2D eigenvalue weighted by molar-refractivity contribution is 7.14. The zero-order valence-electron chi connectivity index (χ0n) is 10.7. The summed E-state index contributed by atoms with van der Waals surface area (Å²) in [6.07, 6.45) is 3.49. The summed E-state index contributed by atoms with van der Waals surface area (Å²) in [6.45, 7) is 0.515. The summed E-state index contributed by atoms with van der Waals surface area (Å²) in [4.78, 5) is 18.3. The molecule has 0 saturated heterocycles. The Labute approximate surface area is 123 Å². The first-order chi connectivity index (χ1) is 9.74. The molecule has 7 heteroatoms. The van der Waals surface area contributed by atoms with Crippen LogP contribution < -0.4 is 0 Å². The van der Waals surface area contributed by atoms with E-state index in [9.17, 15) is 4.79 Å². The molecular weight excluding hydrogens is 292 g/mol. The smallest absolute Gasteiger partial charge is 0.273 e. The maximum atomic E-state index is 12.3. The first-order valence-corrected chi connectivity index (χ1v) is 7.77. The van der Waals surface area contributed by atoms with Crippen molar-refractivity contribution in [3.63, 3.8) is 0 Å². The molecule has 3 heterocycles. The fourth-order valence-electron chi connectivity index (χ4n) is 1.80. The van der Waals surface area contributed by atoms with E-state index in [0.29, 0.717) is 12.2 Å². The van der Waals surface area contributed by atoms with Crippen molar-refractivity contribution >= 4 is 28.6 Å². The molecule has 0 saturated carbocycles. The van der Waals surface area contributed by atoms with Gasteiger partial charge in [0.1, 0.15) is 10.7 Å². The second kappa shape index (κ2) is 5.56. The Morgan fingerprint density at radius 2 is 2.35 bits per heavy atom. The van der Waals surface area contributed by atoms with Gasteiger partial charge in [-0.05, 0) is 11.4 Å². The molecule has 102 valence electrons. The third kappa shape index (κ3) is 2.63. The minimum absolute atomic E-state index is 0.0797. The number of H-pyrrole nitrogens is 1. The van der Waals surface area contributed by atoms with Crippen molar-refractivity contribution in [2.75, 3.05) is 7.05 Å². The lowest BCUT2D eigenvalue weighted by Crippen LogP contribution is -2.26. The van der Waals surface area contributed by atoms with E-state index in [4.69, 9.17) is 0 Å². The predicted molar refractivity (Wildman–Crippen MR) is 79.8 cm³/mol. The van der Waals surface area contributed by atoms with Crippen molar-refractivity contribution in [3.05, 3.63) is 45.9 Å². The predicted octanol–water partition coefficient (Wildman–Crippen LogP) is 2.87. The molecule has 0 unspecified atom stereocenters. The number of hydrogen-bond acceptors (Lipinski definition) is 5. The largest absolute Gasteiger partial charge is 0.336 e. The second-order valence-electron chi connectivity index (χ2n) is 4.32. The molecular formula is C13H12N4OS2. The van der Waals surface area contributed by atoms with E-state index < -0.39 is 0 Å². The Kier molecular flexibility index (Phi) is 3.62. The summed E-state index contributed by atoms with van der Waals surface area (Å²) in [5.74, 6) is -0.0797. The highest BCUT2D eigenvalue weighted by Gasteiger charge is 2.16. The van der Waals surface area contributed by atoms with E-state index in [1.807, 2.05) is 16.8 Å². The molecule has 1 amide bonds. The summed E-state index contributed by atoms with van der Waals surface area (Å²) >= 11 is 3.11. The molecule has 3 aromatic rings. The molecule has 0 aromatic carbocycles. The number of carbonyl (C=O) groups is 1. The normalized spacial score (nSPS) is 10.7. The summed E-state index contributed by atoms with van der Waals surface area (Å²) in [5.41, 5.74) is 2.52. The number of nitrogens with zero attached hydrogens (tertiary/aromatic N) is 3. The van der Waals surface area contributed by atoms with E-state index in [0.717, 1.165) is 16.1 Å². The summed E-state index contributed by atoms with van der Waals surface area (Å²) in [6, 6.07) is 2.01. The molecule has 3 rings (SSSR count). The van der Waals surface area contributed by atoms with Crippen molar-refractivity contribution in [1.82, 2.24) is 20.1 Å². The minimum atomic E-state index is -0.0797. The molecule has 5 nitrogen and oxygen atoms in total. The molecule has 20 heavy (non-hydrogen) atoms. The van der Waals surface area contributed by atoms with Crippen LogP contribution in [0.4, 0.5) is 0 Å². The van der Waals surface area contributed by atoms with Crippen LogP contribution in [-0.2, 0) is 6.54 Å². The van der Waals surface area contributed by atoms with Gasteiger partial charge in [-0.3, -0.25) is 9.89 Å². The fraction of sp³-hybridized carbons (Fsp3) is 0.154. The molecule has 0 aliphatic carbocycles. The summed E-state index contributed by atoms with van der Waals surface area (Å²) < 4.78 is 0. The maximum absolute atomic E-state index is 12.3. The van der Waals surface area contributed by atoms with Gasteiger partial charge in [-0.15, -0.1) is 11.3 Å². The van der Waals surface area contributed by atoms with E-state index >= 15 is 0 Å². The number of hydrogen-bond donors (Lipinski definition) is 1. The van der Waals surface area contributed by atoms with E-state index in [2.05, 4.69) is 15.2 Å². The van der Waals surface area contributed by atoms with E-state index in [-0.39, 0.29) is 5.91 Å². The van der Waals surface area contributed by atoms with Crippen LogP contribution in [0.25, 0.3) is 10.6 Å². The third-order valence-electron chi connectivity index (χ3n) is 2.81. The van der Waals surface area contributed by atoms with Crippen LogP contribution in [0.2, 0.25) is 0 Å². The third-order valence-corrected chi connectivity index (χ3v) is 4.39. The van der Waals surface area contributed by atoms with Crippen LogP contribution >= 0.6 is 22.7 Å². The Morgan fingerprint density at radius 1 is 1.45 bits per heavy atom. The van der Waals surface area contributed by atoms with Crippen LogP contribution in [-0.4, -0.2) is 33.0 Å². The summed E-state index contributed by atoms with van der Waals surface area (Å²) in [7, 11) is 1.76. The zero-order chi connectivity index (χ0) is 13.9. The molecule has 0 bridgehead atoms. The molecule has 0 spiro atoms. The number of amides is 1. The lowest BCUT2D eigenvalue weighted by atomic mass is 10.3. The molecule has 1 N–H and O–H groups in total. The second-order valence-corrected chi connectivity index (χ2v) is 5.96. The van der Waals surface area contributed by atoms with Crippen LogP contribution in [0.15, 0.2) is 34.6 Å². The molecule has 3 aromatic heterocycles. The van der Waals surface area contributed by atoms with Gasteiger partial charge in [0.15, 0.2) is 0 Å². The number of nitrogens with one attached hydrogen (secondary N) is 1. The van der Waals surface area contributed by atoms with Gasteiger partial charge in [0.05, 0.1) is 6.20 Å². The number of aromatic nitrogens is 3. The highest BCUT2D eigenvalue weighted by atomic mass is 32.1. The standard InChI is InChI=1S/C13H12N4OS2/c1-17(6-9-4-14-15-5-9)13(18)11-8-20-12(16-11)10-2-3-19-7-10/h2-5,7-8H,6H2,1H3,(H,14,15). The molecule has 0 aliphatic rings. The molecule has 0 aliphatic heterocycles. The number of thiophene rings is 1. The van der Waals surface area contributed by atoms with Crippen LogP contribution in [0.3, 0.4) is 0 Å². The fourth-order valence-corrected chi connectivity index (χ4v) is 3.30. The van der Waals surface area contributed by atoms with Gasteiger partial charge in [-0.2, -0.15) is 16.4 Å². The molecule has 0 radical (unpaired) electrons. The van der Waals surface area contributed by atoms with Crippen LogP contribution in [0, 0.1) is 0 Å². The number of rotatable bonds is 4. The van der Waals surface area contributed by atoms with Crippen molar-refractivity contribution in [1.29, 1.82) is 0 Å². The Balaban J connectivity index is 1.74. The first kappa shape index (κ1) is 13.0. The first-order valence-electron chi connectivity index (χ1n) is 5.95. The van der Waals surface area contributed by atoms with Gasteiger partial charge in [0.2, 0.25) is 0 Å². The average Bonchev–Trinajstić information content (AvgIpc) is 3.18. The lowest BCUT2D eigenvalue weighted by molar-refractivity contribution is 0.0780. The van der Waals surface area contributed by atoms with Crippen LogP contribution in [0.5, 0.6) is 0 Å². The Bertz CT molecular complexity index is 688. The SMILES string of the molecule is CN(Cc1cn[nH]c1)C(=O)c1csc(-c2ccsc2)n1. The zero-order valence-corrected chi connectivity index (χ0v) is 12.4. The van der Waals surface area contributed by atoms with Crippen molar-refractivity contribution in [2.24, 2.45) is 0 Å². The maximum Gasteiger partial charge on any atom is 0.273 e. The Morgan fingerprint density at radius 3 is 3.05 bits per heavy atom. The monoisotopic (exact) mass is 304 g/mol. The minimum Gasteiger partial charge on any atom is -0.336 e. The van der Waals surface area contributed by atoms with Gasteiger partial charge in [0, 0.05) is 41.7 Å². The van der Waals surface area contributed by atoms with Gasteiger partial charge < -0.3 is 4.90 Å². The van der Waals surface area contributed by atoms with Gasteiger partial charge in [-0.25, -0.2) is 4.98 Å². The Hall–Kier alpha value is -1.99. The topological polar surface area (TPSA) is 61.9 Å². The van der Waals surface area contributed by atoms with Crippen LogP contribution in [0.1, 0.15) is 16.1 Å². The summed E-state index contributed by atoms with van der Waals surface area (Å²) in [5, 5.41) is 13.3. The number of aromatic amines is 1. The van der Waals surface area contributed by atoms with Crippen molar-refractivity contribution < 1.29 is 4.79 Å². The molecule has 0 atom stereocenters. The van der Waals surface area contributed by atoms with Gasteiger partial charge in [0.25, 0.3) is 5.91 Å². The van der Waals surface area contributed by atoms with Crippen molar-refractivity contribution in [2.45, 2.75) is 6.54 Å². The number of thiazole rings is 1. The van der Waals surface area contributed by atoms with E-state index in [1.54, 1.807) is 41.1 Å². The van der Waals surface area contributed by atoms with Gasteiger partial charge >= 0.3 is 0 Å². The van der Waals surface area contributed by atoms with E-state index in [1.165, 1.54) is 11.3 Å². The highest BCUT2D eigenvalue weighted by Crippen LogP contribution is 2.26. The lowest BCUT2D eigenvalue weighted by Gasteiger charge is -2.14. The quantitative estimate of drug-likeness (QED) is 0.806.